The molecule has 1 aliphatic heterocycles. The van der Waals surface area contributed by atoms with Crippen molar-refractivity contribution in [3.8, 4) is 5.75 Å². The van der Waals surface area contributed by atoms with E-state index in [0.29, 0.717) is 12.3 Å². The fourth-order valence-corrected chi connectivity index (χ4v) is 2.88. The molecule has 0 radical (unpaired) electrons. The van der Waals surface area contributed by atoms with Crippen LogP contribution in [0, 0.1) is 5.82 Å². The van der Waals surface area contributed by atoms with Crippen LogP contribution in [0.3, 0.4) is 0 Å². The first-order chi connectivity index (χ1) is 10.5. The van der Waals surface area contributed by atoms with Gasteiger partial charge in [0.2, 0.25) is 0 Å². The first-order valence-electron chi connectivity index (χ1n) is 7.65. The number of nitrogens with one attached hydrogen (secondary N) is 1. The number of halogens is 2. The minimum Gasteiger partial charge on any atom is -0.479 e. The molecule has 2 unspecified atom stereocenters. The number of hydrogen-bond acceptors (Lipinski definition) is 3. The molecule has 0 saturated carbocycles. The molecule has 0 spiro atoms. The number of amides is 1. The minimum absolute atomic E-state index is 0.0593. The summed E-state index contributed by atoms with van der Waals surface area (Å²) >= 11 is 5.95. The normalized spacial score (nSPS) is 19.0. The Morgan fingerprint density at radius 3 is 2.95 bits per heavy atom. The molecule has 1 heterocycles. The minimum atomic E-state index is -0.657. The van der Waals surface area contributed by atoms with Gasteiger partial charge in [0, 0.05) is 19.1 Å². The Morgan fingerprint density at radius 2 is 2.36 bits per heavy atom. The maximum absolute atomic E-state index is 13.1. The van der Waals surface area contributed by atoms with E-state index in [2.05, 4.69) is 5.32 Å². The largest absolute Gasteiger partial charge is 0.479 e. The summed E-state index contributed by atoms with van der Waals surface area (Å²) in [5.74, 6) is -0.165. The van der Waals surface area contributed by atoms with Gasteiger partial charge in [-0.05, 0) is 44.5 Å². The molecular formula is C16H22ClFN2O2. The lowest BCUT2D eigenvalue weighted by molar-refractivity contribution is -0.140. The van der Waals surface area contributed by atoms with E-state index < -0.39 is 11.9 Å². The van der Waals surface area contributed by atoms with Crippen LogP contribution in [0.25, 0.3) is 0 Å². The molecule has 1 saturated heterocycles. The van der Waals surface area contributed by atoms with Crippen LogP contribution >= 0.6 is 11.6 Å². The number of nitrogens with zero attached hydrogens (tertiary/aromatic N) is 1. The van der Waals surface area contributed by atoms with E-state index in [-0.39, 0.29) is 17.0 Å². The van der Waals surface area contributed by atoms with Crippen LogP contribution in [-0.4, -0.2) is 42.6 Å². The molecule has 22 heavy (non-hydrogen) atoms. The third-order valence-corrected chi connectivity index (χ3v) is 4.06. The fraction of sp³-hybridized carbons (Fsp3) is 0.562. The molecule has 2 rings (SSSR count). The van der Waals surface area contributed by atoms with Crippen molar-refractivity contribution in [1.29, 1.82) is 0 Å². The highest BCUT2D eigenvalue weighted by molar-refractivity contribution is 6.32. The zero-order chi connectivity index (χ0) is 16.1. The molecule has 1 N–H and O–H groups in total. The lowest BCUT2D eigenvalue weighted by Gasteiger charge is -2.30. The summed E-state index contributed by atoms with van der Waals surface area (Å²) in [6, 6.07) is 4.10. The number of hydrogen-bond donors (Lipinski definition) is 1. The molecule has 2 atom stereocenters. The molecule has 4 nitrogen and oxygen atoms in total. The summed E-state index contributed by atoms with van der Waals surface area (Å²) in [5.41, 5.74) is 0. The van der Waals surface area contributed by atoms with E-state index in [1.807, 2.05) is 11.8 Å². The van der Waals surface area contributed by atoms with Crippen LogP contribution in [0.1, 0.15) is 26.7 Å². The monoisotopic (exact) mass is 328 g/mol. The van der Waals surface area contributed by atoms with Gasteiger partial charge in [0.1, 0.15) is 11.6 Å². The third kappa shape index (κ3) is 4.11. The van der Waals surface area contributed by atoms with Gasteiger partial charge in [-0.25, -0.2) is 4.39 Å². The smallest absolute Gasteiger partial charge is 0.263 e. The molecule has 1 aromatic rings. The van der Waals surface area contributed by atoms with E-state index >= 15 is 0 Å². The van der Waals surface area contributed by atoms with Gasteiger partial charge < -0.3 is 15.0 Å². The first kappa shape index (κ1) is 17.0. The molecule has 0 aromatic heterocycles. The number of benzene rings is 1. The Bertz CT molecular complexity index is 521. The maximum atomic E-state index is 13.1. The summed E-state index contributed by atoms with van der Waals surface area (Å²) in [6.07, 6.45) is 1.19. The molecule has 1 fully saturated rings. The van der Waals surface area contributed by atoms with E-state index in [0.717, 1.165) is 25.9 Å². The summed E-state index contributed by atoms with van der Waals surface area (Å²) in [5, 5.41) is 3.44. The molecule has 0 bridgehead atoms. The maximum Gasteiger partial charge on any atom is 0.263 e. The number of carbonyl (C=O) groups is 1. The molecule has 1 amide bonds. The fourth-order valence-electron chi connectivity index (χ4n) is 2.66. The molecule has 1 aromatic carbocycles. The molecule has 0 aliphatic carbocycles. The number of ether oxygens (including phenoxy) is 1. The highest BCUT2D eigenvalue weighted by Crippen LogP contribution is 2.26. The van der Waals surface area contributed by atoms with Crippen LogP contribution in [0.2, 0.25) is 5.02 Å². The number of rotatable bonds is 6. The molecule has 1 aliphatic rings. The van der Waals surface area contributed by atoms with Gasteiger partial charge in [-0.3, -0.25) is 4.79 Å². The van der Waals surface area contributed by atoms with Crippen molar-refractivity contribution in [3.63, 3.8) is 0 Å². The predicted molar refractivity (Wildman–Crippen MR) is 84.8 cm³/mol. The van der Waals surface area contributed by atoms with Gasteiger partial charge in [-0.2, -0.15) is 0 Å². The third-order valence-electron chi connectivity index (χ3n) is 3.77. The number of carbonyl (C=O) groups excluding carboxylic acids is 1. The van der Waals surface area contributed by atoms with Crippen molar-refractivity contribution in [2.24, 2.45) is 0 Å². The second-order valence-electron chi connectivity index (χ2n) is 5.51. The predicted octanol–water partition coefficient (Wildman–Crippen LogP) is 2.85. The van der Waals surface area contributed by atoms with Gasteiger partial charge in [0.15, 0.2) is 6.10 Å². The second kappa shape index (κ2) is 7.79. The highest BCUT2D eigenvalue weighted by atomic mass is 35.5. The SMILES string of the molecule is CCCN(C(=O)C(C)Oc1ccc(F)cc1Cl)C1CCNC1. The van der Waals surface area contributed by atoms with Crippen molar-refractivity contribution in [1.82, 2.24) is 10.2 Å². The van der Waals surface area contributed by atoms with Gasteiger partial charge in [-0.1, -0.05) is 18.5 Å². The van der Waals surface area contributed by atoms with Gasteiger partial charge in [-0.15, -0.1) is 0 Å². The van der Waals surface area contributed by atoms with Gasteiger partial charge in [0.05, 0.1) is 5.02 Å². The van der Waals surface area contributed by atoms with Crippen molar-refractivity contribution >= 4 is 17.5 Å². The molecule has 6 heteroatoms. The Balaban J connectivity index is 2.05. The Labute approximate surface area is 135 Å². The van der Waals surface area contributed by atoms with Crippen molar-refractivity contribution in [2.45, 2.75) is 38.8 Å². The molecular weight excluding hydrogens is 307 g/mol. The molecule has 122 valence electrons. The standard InChI is InChI=1S/C16H22ClFN2O2/c1-3-8-20(13-6-7-19-10-13)16(21)11(2)22-15-5-4-12(18)9-14(15)17/h4-5,9,11,13,19H,3,6-8,10H2,1-2H3. The summed E-state index contributed by atoms with van der Waals surface area (Å²) in [7, 11) is 0. The second-order valence-corrected chi connectivity index (χ2v) is 5.92. The average molecular weight is 329 g/mol. The first-order valence-corrected chi connectivity index (χ1v) is 8.03. The van der Waals surface area contributed by atoms with Crippen molar-refractivity contribution < 1.29 is 13.9 Å². The van der Waals surface area contributed by atoms with Crippen LogP contribution in [0.4, 0.5) is 4.39 Å². The lowest BCUT2D eigenvalue weighted by atomic mass is 10.2. The lowest BCUT2D eigenvalue weighted by Crippen LogP contribution is -2.47. The quantitative estimate of drug-likeness (QED) is 0.873. The highest BCUT2D eigenvalue weighted by Gasteiger charge is 2.30. The van der Waals surface area contributed by atoms with Gasteiger partial charge >= 0.3 is 0 Å². The van der Waals surface area contributed by atoms with Crippen LogP contribution in [0.15, 0.2) is 18.2 Å². The Kier molecular flexibility index (Phi) is 6.03. The van der Waals surface area contributed by atoms with E-state index in [9.17, 15) is 9.18 Å². The Morgan fingerprint density at radius 1 is 1.59 bits per heavy atom. The van der Waals surface area contributed by atoms with Gasteiger partial charge in [0.25, 0.3) is 5.91 Å². The summed E-state index contributed by atoms with van der Waals surface area (Å²) < 4.78 is 18.7. The Hall–Kier alpha value is -1.33. The summed E-state index contributed by atoms with van der Waals surface area (Å²) in [6.45, 7) is 6.20. The van der Waals surface area contributed by atoms with E-state index in [4.69, 9.17) is 16.3 Å². The van der Waals surface area contributed by atoms with Crippen LogP contribution in [0.5, 0.6) is 5.75 Å². The zero-order valence-electron chi connectivity index (χ0n) is 12.9. The van der Waals surface area contributed by atoms with E-state index in [1.54, 1.807) is 6.92 Å². The van der Waals surface area contributed by atoms with E-state index in [1.165, 1.54) is 18.2 Å². The average Bonchev–Trinajstić information content (AvgIpc) is 3.01. The van der Waals surface area contributed by atoms with Crippen LogP contribution < -0.4 is 10.1 Å². The van der Waals surface area contributed by atoms with Crippen molar-refractivity contribution in [3.05, 3.63) is 29.0 Å². The summed E-state index contributed by atoms with van der Waals surface area (Å²) in [4.78, 5) is 14.5. The van der Waals surface area contributed by atoms with Crippen LogP contribution in [-0.2, 0) is 4.79 Å². The topological polar surface area (TPSA) is 41.6 Å². The van der Waals surface area contributed by atoms with Crippen molar-refractivity contribution in [2.75, 3.05) is 19.6 Å². The zero-order valence-corrected chi connectivity index (χ0v) is 13.7.